The van der Waals surface area contributed by atoms with Crippen molar-refractivity contribution in [2.45, 2.75) is 17.0 Å². The summed E-state index contributed by atoms with van der Waals surface area (Å²) >= 11 is 2.72. The molecule has 0 atom stereocenters. The third kappa shape index (κ3) is 3.39. The third-order valence-electron chi connectivity index (χ3n) is 2.70. The zero-order chi connectivity index (χ0) is 15.6. The van der Waals surface area contributed by atoms with Gasteiger partial charge in [0.2, 0.25) is 15.2 Å². The highest BCUT2D eigenvalue weighted by Gasteiger charge is 2.19. The zero-order valence-electron chi connectivity index (χ0n) is 11.5. The van der Waals surface area contributed by atoms with Crippen LogP contribution in [0.4, 0.5) is 5.13 Å². The van der Waals surface area contributed by atoms with Gasteiger partial charge in [-0.2, -0.15) is 0 Å². The van der Waals surface area contributed by atoms with E-state index in [-0.39, 0.29) is 10.9 Å². The Labute approximate surface area is 135 Å². The van der Waals surface area contributed by atoms with E-state index in [9.17, 15) is 8.42 Å². The van der Waals surface area contributed by atoms with Gasteiger partial charge >= 0.3 is 0 Å². The molecule has 0 saturated carbocycles. The minimum Gasteiger partial charge on any atom is -0.356 e. The van der Waals surface area contributed by atoms with E-state index in [2.05, 4.69) is 20.1 Å². The van der Waals surface area contributed by atoms with Crippen molar-refractivity contribution in [2.75, 3.05) is 10.5 Å². The summed E-state index contributed by atoms with van der Waals surface area (Å²) in [6.07, 6.45) is 0. The molecule has 22 heavy (non-hydrogen) atoms. The van der Waals surface area contributed by atoms with Gasteiger partial charge in [0.05, 0.1) is 0 Å². The third-order valence-corrected chi connectivity index (χ3v) is 5.84. The number of aromatic nitrogens is 3. The first-order valence-electron chi connectivity index (χ1n) is 6.37. The second-order valence-corrected chi connectivity index (χ2v) is 8.50. The van der Waals surface area contributed by atoms with Crippen LogP contribution in [0.25, 0.3) is 11.0 Å². The van der Waals surface area contributed by atoms with Crippen LogP contribution >= 0.6 is 23.1 Å². The Kier molecular flexibility index (Phi) is 4.32. The average Bonchev–Trinajstić information content (AvgIpc) is 3.06. The van der Waals surface area contributed by atoms with E-state index in [0.717, 1.165) is 10.1 Å². The Hall–Kier alpha value is -1.65. The monoisotopic (exact) mass is 356 g/mol. The fourth-order valence-electron chi connectivity index (χ4n) is 1.82. The molecule has 0 aliphatic heterocycles. The van der Waals surface area contributed by atoms with E-state index in [1.165, 1.54) is 23.1 Å². The minimum absolute atomic E-state index is 0.253. The normalized spacial score (nSPS) is 11.9. The molecular formula is C12H12N4O3S3. The lowest BCUT2D eigenvalue weighted by Gasteiger charge is -2.02. The molecule has 0 bridgehead atoms. The molecule has 7 nitrogen and oxygen atoms in total. The summed E-state index contributed by atoms with van der Waals surface area (Å²) in [6.45, 7) is 1.99. The fourth-order valence-corrected chi connectivity index (χ4v) is 4.82. The molecule has 1 aromatic carbocycles. The molecule has 3 aromatic rings. The van der Waals surface area contributed by atoms with E-state index in [0.29, 0.717) is 16.7 Å². The Morgan fingerprint density at radius 3 is 2.95 bits per heavy atom. The van der Waals surface area contributed by atoms with Crippen LogP contribution in [0.1, 0.15) is 12.6 Å². The Balaban J connectivity index is 1.78. The van der Waals surface area contributed by atoms with Crippen LogP contribution in [0.3, 0.4) is 0 Å². The van der Waals surface area contributed by atoms with Gasteiger partial charge in [0.15, 0.2) is 9.92 Å². The maximum Gasteiger partial charge on any atom is 0.240 e. The largest absolute Gasteiger partial charge is 0.356 e. The number of hydrogen-bond acceptors (Lipinski definition) is 8. The molecule has 2 heterocycles. The minimum atomic E-state index is -3.62. The van der Waals surface area contributed by atoms with Crippen molar-refractivity contribution < 1.29 is 12.9 Å². The number of hydrogen-bond donors (Lipinski definition) is 1. The smallest absolute Gasteiger partial charge is 0.240 e. The molecule has 2 aromatic heterocycles. The SMILES string of the molecule is CCSc1nnc(NS(=O)(=O)Cc2noc3ccccc23)s1. The number of fused-ring (bicyclic) bond motifs is 1. The summed E-state index contributed by atoms with van der Waals surface area (Å²) in [4.78, 5) is 0. The van der Waals surface area contributed by atoms with Crippen molar-refractivity contribution in [1.82, 2.24) is 15.4 Å². The van der Waals surface area contributed by atoms with E-state index in [4.69, 9.17) is 4.52 Å². The summed E-state index contributed by atoms with van der Waals surface area (Å²) in [5.41, 5.74) is 0.931. The molecule has 0 aliphatic rings. The molecule has 0 spiro atoms. The van der Waals surface area contributed by atoms with Crippen LogP contribution in [0, 0.1) is 0 Å². The average molecular weight is 356 g/mol. The summed E-state index contributed by atoms with van der Waals surface area (Å²) in [5.74, 6) is 0.576. The number of anilines is 1. The molecule has 0 amide bonds. The van der Waals surface area contributed by atoms with Crippen LogP contribution < -0.4 is 4.72 Å². The predicted molar refractivity (Wildman–Crippen MR) is 86.6 cm³/mol. The van der Waals surface area contributed by atoms with Crippen molar-refractivity contribution in [3.05, 3.63) is 30.0 Å². The first-order chi connectivity index (χ1) is 10.6. The summed E-state index contributed by atoms with van der Waals surface area (Å²) in [7, 11) is -3.62. The first kappa shape index (κ1) is 15.3. The molecule has 0 unspecified atom stereocenters. The van der Waals surface area contributed by atoms with Gasteiger partial charge in [-0.05, 0) is 17.9 Å². The predicted octanol–water partition coefficient (Wildman–Crippen LogP) is 2.73. The maximum atomic E-state index is 12.2. The molecule has 0 fully saturated rings. The van der Waals surface area contributed by atoms with Crippen LogP contribution in [0.15, 0.2) is 33.1 Å². The lowest BCUT2D eigenvalue weighted by atomic mass is 10.2. The number of nitrogens with zero attached hydrogens (tertiary/aromatic N) is 3. The number of para-hydroxylation sites is 1. The van der Waals surface area contributed by atoms with E-state index >= 15 is 0 Å². The number of thioether (sulfide) groups is 1. The molecular weight excluding hydrogens is 344 g/mol. The standard InChI is InChI=1S/C12H12N4O3S3/c1-2-20-12-14-13-11(21-12)16-22(17,18)7-9-8-5-3-4-6-10(8)19-15-9/h3-6H,2,7H2,1H3,(H,13,16). The van der Waals surface area contributed by atoms with Gasteiger partial charge in [-0.3, -0.25) is 4.72 Å². The van der Waals surface area contributed by atoms with Gasteiger partial charge in [-0.15, -0.1) is 10.2 Å². The maximum absolute atomic E-state index is 12.2. The topological polar surface area (TPSA) is 98.0 Å². The van der Waals surface area contributed by atoms with Crippen LogP contribution in [-0.2, 0) is 15.8 Å². The highest BCUT2D eigenvalue weighted by molar-refractivity contribution is 8.01. The highest BCUT2D eigenvalue weighted by atomic mass is 32.2. The second-order valence-electron chi connectivity index (χ2n) is 4.29. The van der Waals surface area contributed by atoms with Gasteiger partial charge in [0.1, 0.15) is 11.4 Å². The van der Waals surface area contributed by atoms with Crippen molar-refractivity contribution >= 4 is 49.2 Å². The van der Waals surface area contributed by atoms with Crippen molar-refractivity contribution in [3.63, 3.8) is 0 Å². The molecule has 116 valence electrons. The number of nitrogens with one attached hydrogen (secondary N) is 1. The lowest BCUT2D eigenvalue weighted by molar-refractivity contribution is 0.448. The fraction of sp³-hybridized carbons (Fsp3) is 0.250. The molecule has 3 rings (SSSR count). The van der Waals surface area contributed by atoms with E-state index in [1.807, 2.05) is 13.0 Å². The van der Waals surface area contributed by atoms with Crippen LogP contribution in [-0.4, -0.2) is 29.5 Å². The Bertz CT molecular complexity index is 888. The van der Waals surface area contributed by atoms with E-state index in [1.54, 1.807) is 18.2 Å². The van der Waals surface area contributed by atoms with Gasteiger partial charge in [-0.25, -0.2) is 8.42 Å². The van der Waals surface area contributed by atoms with Crippen molar-refractivity contribution in [1.29, 1.82) is 0 Å². The Morgan fingerprint density at radius 2 is 2.14 bits per heavy atom. The van der Waals surface area contributed by atoms with Gasteiger partial charge in [0, 0.05) is 5.39 Å². The molecule has 0 saturated heterocycles. The van der Waals surface area contributed by atoms with Crippen LogP contribution in [0.5, 0.6) is 0 Å². The molecule has 10 heteroatoms. The summed E-state index contributed by atoms with van der Waals surface area (Å²) in [5, 5.41) is 12.5. The van der Waals surface area contributed by atoms with Crippen LogP contribution in [0.2, 0.25) is 0 Å². The van der Waals surface area contributed by atoms with Crippen molar-refractivity contribution in [2.24, 2.45) is 0 Å². The van der Waals surface area contributed by atoms with Gasteiger partial charge < -0.3 is 4.52 Å². The zero-order valence-corrected chi connectivity index (χ0v) is 14.0. The van der Waals surface area contributed by atoms with Gasteiger partial charge in [-0.1, -0.05) is 47.3 Å². The number of benzene rings is 1. The first-order valence-corrected chi connectivity index (χ1v) is 9.83. The lowest BCUT2D eigenvalue weighted by Crippen LogP contribution is -2.15. The second kappa shape index (κ2) is 6.23. The summed E-state index contributed by atoms with van der Waals surface area (Å²) in [6, 6.07) is 7.13. The van der Waals surface area contributed by atoms with Gasteiger partial charge in [0.25, 0.3) is 0 Å². The number of rotatable bonds is 6. The molecule has 0 radical (unpaired) electrons. The Morgan fingerprint density at radius 1 is 1.32 bits per heavy atom. The quantitative estimate of drug-likeness (QED) is 0.678. The van der Waals surface area contributed by atoms with E-state index < -0.39 is 10.0 Å². The van der Waals surface area contributed by atoms with Crippen molar-refractivity contribution in [3.8, 4) is 0 Å². The number of sulfonamides is 1. The molecule has 1 N–H and O–H groups in total. The molecule has 0 aliphatic carbocycles. The highest BCUT2D eigenvalue weighted by Crippen LogP contribution is 2.26. The summed E-state index contributed by atoms with van der Waals surface area (Å²) < 4.78 is 32.7.